The van der Waals surface area contributed by atoms with Gasteiger partial charge in [-0.2, -0.15) is 0 Å². The zero-order valence-corrected chi connectivity index (χ0v) is 37.5. The van der Waals surface area contributed by atoms with Crippen LogP contribution in [0, 0.1) is 5.92 Å². The van der Waals surface area contributed by atoms with E-state index in [4.69, 9.17) is 24.7 Å². The fourth-order valence-electron chi connectivity index (χ4n) is 9.27. The molecule has 66 heavy (non-hydrogen) atoms. The van der Waals surface area contributed by atoms with Gasteiger partial charge in [0.2, 0.25) is 11.8 Å². The van der Waals surface area contributed by atoms with Gasteiger partial charge < -0.3 is 66.0 Å². The molecule has 9 rings (SSSR count). The first-order valence-electron chi connectivity index (χ1n) is 22.1. The third-order valence-corrected chi connectivity index (χ3v) is 12.8. The lowest BCUT2D eigenvalue weighted by molar-refractivity contribution is -0.127. The number of para-hydroxylation sites is 2. The zero-order valence-electron chi connectivity index (χ0n) is 37.5. The third kappa shape index (κ3) is 8.38. The molecule has 0 saturated heterocycles. The van der Waals surface area contributed by atoms with Crippen LogP contribution in [-0.2, 0) is 35.6 Å². The molecule has 0 bridgehead atoms. The summed E-state index contributed by atoms with van der Waals surface area (Å²) in [5.41, 5.74) is 13.8. The molecule has 0 radical (unpaired) electrons. The number of carbonyl (C=O) groups excluding carboxylic acids is 3. The Labute approximate surface area is 383 Å². The van der Waals surface area contributed by atoms with Gasteiger partial charge in [-0.15, -0.1) is 0 Å². The molecule has 0 aliphatic carbocycles. The van der Waals surface area contributed by atoms with Gasteiger partial charge in [-0.05, 0) is 90.4 Å². The highest BCUT2D eigenvalue weighted by Crippen LogP contribution is 2.46. The SMILES string of the molecule is COc1cc2c(cc1OCc1cc(COc3cc4c(cc3OC)C(O)N3c5ccccc5C[C@H]3CN4)cc(NC(=O)[C@H](C)NC(=O)[C@@H](N)C(C)C)c1)NC(O)[C@@H]1Cc3ccccc3N1C2=O. The van der Waals surface area contributed by atoms with Crippen LogP contribution in [0.15, 0.2) is 91.0 Å². The molecule has 0 fully saturated rings. The summed E-state index contributed by atoms with van der Waals surface area (Å²) in [5.74, 6) is 0.181. The van der Waals surface area contributed by atoms with Crippen LogP contribution >= 0.6 is 0 Å². The van der Waals surface area contributed by atoms with Crippen LogP contribution in [0.1, 0.15) is 65.2 Å². The largest absolute Gasteiger partial charge is 0.493 e. The van der Waals surface area contributed by atoms with Crippen molar-refractivity contribution in [3.05, 3.63) is 124 Å². The number of amides is 3. The number of nitrogens with two attached hydrogens (primary N) is 1. The van der Waals surface area contributed by atoms with Crippen LogP contribution in [0.4, 0.5) is 28.4 Å². The predicted molar refractivity (Wildman–Crippen MR) is 250 cm³/mol. The van der Waals surface area contributed by atoms with E-state index in [1.165, 1.54) is 12.7 Å². The van der Waals surface area contributed by atoms with Gasteiger partial charge >= 0.3 is 0 Å². The Hall–Kier alpha value is -7.01. The maximum atomic E-state index is 14.1. The van der Waals surface area contributed by atoms with E-state index in [1.54, 1.807) is 49.3 Å². The number of ether oxygens (including phenoxy) is 4. The summed E-state index contributed by atoms with van der Waals surface area (Å²) in [4.78, 5) is 44.0. The molecule has 16 heteroatoms. The molecule has 4 aliphatic heterocycles. The first-order valence-corrected chi connectivity index (χ1v) is 22.1. The number of aliphatic hydroxyl groups excluding tert-OH is 2. The fraction of sp³-hybridized carbons (Fsp3) is 0.340. The molecule has 2 unspecified atom stereocenters. The first-order chi connectivity index (χ1) is 31.8. The van der Waals surface area contributed by atoms with Crippen molar-refractivity contribution in [3.8, 4) is 23.0 Å². The van der Waals surface area contributed by atoms with E-state index in [2.05, 4.69) is 27.3 Å². The molecular formula is C50H55N7O9. The van der Waals surface area contributed by atoms with E-state index < -0.39 is 42.4 Å². The molecular weight excluding hydrogens is 843 g/mol. The highest BCUT2D eigenvalue weighted by atomic mass is 16.5. The van der Waals surface area contributed by atoms with Crippen LogP contribution in [0.25, 0.3) is 0 Å². The van der Waals surface area contributed by atoms with Crippen molar-refractivity contribution in [2.75, 3.05) is 46.5 Å². The number of methoxy groups -OCH3 is 2. The minimum Gasteiger partial charge on any atom is -0.493 e. The lowest BCUT2D eigenvalue weighted by Crippen LogP contribution is -2.50. The highest BCUT2D eigenvalue weighted by Gasteiger charge is 2.42. The Balaban J connectivity index is 0.979. The predicted octanol–water partition coefficient (Wildman–Crippen LogP) is 5.45. The Morgan fingerprint density at radius 2 is 1.41 bits per heavy atom. The fourth-order valence-corrected chi connectivity index (χ4v) is 9.27. The topological polar surface area (TPSA) is 209 Å². The Bertz CT molecular complexity index is 2690. The van der Waals surface area contributed by atoms with E-state index in [9.17, 15) is 24.6 Å². The van der Waals surface area contributed by atoms with Crippen molar-refractivity contribution in [3.63, 3.8) is 0 Å². The van der Waals surface area contributed by atoms with E-state index in [0.29, 0.717) is 69.6 Å². The molecule has 16 nitrogen and oxygen atoms in total. The number of hydrogen-bond donors (Lipinski definition) is 7. The van der Waals surface area contributed by atoms with Crippen molar-refractivity contribution in [2.24, 2.45) is 11.7 Å². The first kappa shape index (κ1) is 44.2. The van der Waals surface area contributed by atoms with Gasteiger partial charge in [-0.25, -0.2) is 0 Å². The minimum absolute atomic E-state index is 0.00914. The minimum atomic E-state index is -1.06. The summed E-state index contributed by atoms with van der Waals surface area (Å²) in [5, 5.41) is 35.4. The van der Waals surface area contributed by atoms with Gasteiger partial charge in [0.15, 0.2) is 29.2 Å². The zero-order chi connectivity index (χ0) is 46.4. The maximum Gasteiger partial charge on any atom is 0.260 e. The molecule has 5 aromatic carbocycles. The Morgan fingerprint density at radius 3 is 2.08 bits per heavy atom. The molecule has 4 aliphatic rings. The molecule has 3 amide bonds. The smallest absolute Gasteiger partial charge is 0.260 e. The summed E-state index contributed by atoms with van der Waals surface area (Å²) < 4.78 is 24.4. The second kappa shape index (κ2) is 18.1. The van der Waals surface area contributed by atoms with Gasteiger partial charge in [0, 0.05) is 47.0 Å². The average Bonchev–Trinajstić information content (AvgIpc) is 3.83. The number of fused-ring (bicyclic) bond motifs is 8. The number of nitrogens with one attached hydrogen (secondary N) is 4. The van der Waals surface area contributed by atoms with E-state index >= 15 is 0 Å². The second-order valence-electron chi connectivity index (χ2n) is 17.6. The van der Waals surface area contributed by atoms with Crippen molar-refractivity contribution < 1.29 is 43.5 Å². The number of benzene rings is 5. The Kier molecular flexibility index (Phi) is 12.1. The van der Waals surface area contributed by atoms with E-state index in [-0.39, 0.29) is 31.1 Å². The maximum absolute atomic E-state index is 14.1. The van der Waals surface area contributed by atoms with Gasteiger partial charge in [0.1, 0.15) is 25.5 Å². The van der Waals surface area contributed by atoms with Crippen molar-refractivity contribution in [2.45, 2.75) is 83.4 Å². The van der Waals surface area contributed by atoms with Gasteiger partial charge in [-0.1, -0.05) is 50.2 Å². The normalized spacial score (nSPS) is 19.8. The number of rotatable bonds is 13. The molecule has 5 aromatic rings. The molecule has 6 atom stereocenters. The summed E-state index contributed by atoms with van der Waals surface area (Å²) >= 11 is 0. The Morgan fingerprint density at radius 1 is 0.788 bits per heavy atom. The molecule has 8 N–H and O–H groups in total. The monoisotopic (exact) mass is 897 g/mol. The summed E-state index contributed by atoms with van der Waals surface area (Å²) in [7, 11) is 3.03. The number of hydrogen-bond acceptors (Lipinski definition) is 13. The van der Waals surface area contributed by atoms with E-state index in [1.807, 2.05) is 73.3 Å². The third-order valence-electron chi connectivity index (χ3n) is 12.8. The van der Waals surface area contributed by atoms with E-state index in [0.717, 1.165) is 29.0 Å². The van der Waals surface area contributed by atoms with Crippen LogP contribution in [0.3, 0.4) is 0 Å². The standard InChI is InChI=1S/C50H55N7O9/c1-26(2)45(51)48(60)53-27(3)46(58)54-32-15-28(24-65-43-21-36-34(19-41(43)63-4)49(61)56-33(23-52-36)17-30-10-6-8-12-38(30)56)14-29(16-32)25-66-44-22-37-35(20-42(44)64-5)50(62)57-39-13-9-7-11-31(39)18-40(57)47(59)55-37/h6-16,19-22,26-27,33,40,45,47,49,52,55,59,61H,17-18,23-25,51H2,1-5H3,(H,53,60)(H,54,58)/t27-,33-,40-,45-,47?,49?/m0/s1. The van der Waals surface area contributed by atoms with Crippen LogP contribution in [0.2, 0.25) is 0 Å². The number of anilines is 5. The van der Waals surface area contributed by atoms with Crippen molar-refractivity contribution in [1.82, 2.24) is 5.32 Å². The lowest BCUT2D eigenvalue weighted by atomic mass is 10.0. The molecule has 0 spiro atoms. The molecule has 0 saturated carbocycles. The van der Waals surface area contributed by atoms with Crippen LogP contribution < -0.4 is 55.7 Å². The summed E-state index contributed by atoms with van der Waals surface area (Å²) in [6, 6.07) is 25.9. The highest BCUT2D eigenvalue weighted by molar-refractivity contribution is 6.12. The van der Waals surface area contributed by atoms with Crippen LogP contribution in [-0.4, -0.2) is 79.1 Å². The second-order valence-corrected chi connectivity index (χ2v) is 17.6. The van der Waals surface area contributed by atoms with Gasteiger partial charge in [0.05, 0.1) is 43.6 Å². The van der Waals surface area contributed by atoms with Crippen molar-refractivity contribution in [1.29, 1.82) is 0 Å². The summed E-state index contributed by atoms with van der Waals surface area (Å²) in [6.07, 6.45) is -0.683. The molecule has 344 valence electrons. The lowest BCUT2D eigenvalue weighted by Gasteiger charge is -2.30. The van der Waals surface area contributed by atoms with Crippen LogP contribution in [0.5, 0.6) is 23.0 Å². The van der Waals surface area contributed by atoms with Gasteiger partial charge in [0.25, 0.3) is 5.91 Å². The molecule has 0 aromatic heterocycles. The van der Waals surface area contributed by atoms with Crippen molar-refractivity contribution >= 4 is 46.2 Å². The number of carbonyl (C=O) groups is 3. The molecule has 4 heterocycles. The average molecular weight is 898 g/mol. The number of aliphatic hydroxyl groups is 2. The quantitative estimate of drug-likeness (QED) is 0.0786. The van der Waals surface area contributed by atoms with Gasteiger partial charge in [-0.3, -0.25) is 14.4 Å². The number of nitrogens with zero attached hydrogens (tertiary/aromatic N) is 2. The summed E-state index contributed by atoms with van der Waals surface area (Å²) in [6.45, 7) is 5.88.